The highest BCUT2D eigenvalue weighted by molar-refractivity contribution is 5.77. The van der Waals surface area contributed by atoms with Crippen molar-refractivity contribution in [3.05, 3.63) is 0 Å². The number of nitrogens with zero attached hydrogens (tertiary/aromatic N) is 2. The Labute approximate surface area is 90.7 Å². The summed E-state index contributed by atoms with van der Waals surface area (Å²) in [7, 11) is 1.77. The van der Waals surface area contributed by atoms with Crippen LogP contribution in [0, 0.1) is 11.3 Å². The van der Waals surface area contributed by atoms with Gasteiger partial charge in [0.15, 0.2) is 0 Å². The lowest BCUT2D eigenvalue weighted by Gasteiger charge is -2.24. The van der Waals surface area contributed by atoms with E-state index in [9.17, 15) is 9.90 Å². The van der Waals surface area contributed by atoms with Gasteiger partial charge in [0, 0.05) is 13.1 Å². The van der Waals surface area contributed by atoms with Gasteiger partial charge in [0.2, 0.25) is 5.91 Å². The minimum atomic E-state index is -0.804. The zero-order valence-corrected chi connectivity index (χ0v) is 9.58. The molecule has 0 aliphatic heterocycles. The molecule has 0 saturated carbocycles. The van der Waals surface area contributed by atoms with E-state index in [2.05, 4.69) is 5.32 Å². The van der Waals surface area contributed by atoms with Crippen molar-refractivity contribution in [2.45, 2.75) is 25.9 Å². The number of nitriles is 1. The van der Waals surface area contributed by atoms with Crippen molar-refractivity contribution in [3.63, 3.8) is 0 Å². The summed E-state index contributed by atoms with van der Waals surface area (Å²) in [6.45, 7) is 4.42. The van der Waals surface area contributed by atoms with Crippen LogP contribution in [-0.4, -0.2) is 48.2 Å². The molecule has 0 heterocycles. The number of hydrogen-bond donors (Lipinski definition) is 2. The van der Waals surface area contributed by atoms with Crippen LogP contribution < -0.4 is 5.32 Å². The first-order chi connectivity index (χ1) is 6.85. The Hall–Kier alpha value is -1.12. The van der Waals surface area contributed by atoms with Crippen LogP contribution in [0.4, 0.5) is 0 Å². The lowest BCUT2D eigenvalue weighted by Crippen LogP contribution is -2.42. The molecule has 0 radical (unpaired) electrons. The topological polar surface area (TPSA) is 76.4 Å². The predicted octanol–water partition coefficient (Wildman–Crippen LogP) is -0.281. The van der Waals surface area contributed by atoms with E-state index in [4.69, 9.17) is 5.26 Å². The summed E-state index contributed by atoms with van der Waals surface area (Å²) in [6, 6.07) is 1.95. The van der Waals surface area contributed by atoms with Crippen molar-refractivity contribution >= 4 is 5.91 Å². The van der Waals surface area contributed by atoms with Crippen LogP contribution in [0.25, 0.3) is 0 Å². The first-order valence-corrected chi connectivity index (χ1v) is 4.90. The fourth-order valence-electron chi connectivity index (χ4n) is 1.28. The van der Waals surface area contributed by atoms with Crippen LogP contribution in [0.2, 0.25) is 0 Å². The maximum atomic E-state index is 11.3. The van der Waals surface area contributed by atoms with Crippen molar-refractivity contribution in [1.82, 2.24) is 10.2 Å². The van der Waals surface area contributed by atoms with Crippen molar-refractivity contribution in [2.75, 3.05) is 26.7 Å². The third-order valence-electron chi connectivity index (χ3n) is 1.63. The van der Waals surface area contributed by atoms with Gasteiger partial charge in [-0.25, -0.2) is 0 Å². The smallest absolute Gasteiger partial charge is 0.234 e. The summed E-state index contributed by atoms with van der Waals surface area (Å²) in [5.74, 6) is -0.128. The van der Waals surface area contributed by atoms with Crippen molar-refractivity contribution in [3.8, 4) is 6.07 Å². The fourth-order valence-corrected chi connectivity index (χ4v) is 1.28. The van der Waals surface area contributed by atoms with Gasteiger partial charge >= 0.3 is 0 Å². The zero-order valence-electron chi connectivity index (χ0n) is 9.58. The van der Waals surface area contributed by atoms with E-state index >= 15 is 0 Å². The Morgan fingerprint density at radius 1 is 1.60 bits per heavy atom. The number of likely N-dealkylation sites (N-methyl/N-ethyl adjacent to an activating group) is 1. The van der Waals surface area contributed by atoms with Gasteiger partial charge in [0.1, 0.15) is 0 Å². The summed E-state index contributed by atoms with van der Waals surface area (Å²) in [6.07, 6.45) is 0.320. The van der Waals surface area contributed by atoms with Gasteiger partial charge in [-0.05, 0) is 20.9 Å². The van der Waals surface area contributed by atoms with Crippen molar-refractivity contribution in [1.29, 1.82) is 5.26 Å². The number of amides is 1. The number of aliphatic hydroxyl groups is 1. The summed E-state index contributed by atoms with van der Waals surface area (Å²) in [5.41, 5.74) is -0.804. The van der Waals surface area contributed by atoms with Gasteiger partial charge in [-0.2, -0.15) is 5.26 Å². The molecule has 5 heteroatoms. The standard InChI is InChI=1S/C10H19N3O2/c1-10(2,15)8-13(3)7-9(14)12-6-4-5-11/h15H,4,6-8H2,1-3H3,(H,12,14). The first-order valence-electron chi connectivity index (χ1n) is 4.90. The molecule has 0 aliphatic carbocycles. The maximum Gasteiger partial charge on any atom is 0.234 e. The summed E-state index contributed by atoms with van der Waals surface area (Å²) < 4.78 is 0. The molecule has 0 fully saturated rings. The van der Waals surface area contributed by atoms with Crippen LogP contribution in [0.3, 0.4) is 0 Å². The molecule has 86 valence electrons. The molecule has 0 aromatic carbocycles. The number of hydrogen-bond acceptors (Lipinski definition) is 4. The number of nitrogens with one attached hydrogen (secondary N) is 1. The second-order valence-electron chi connectivity index (χ2n) is 4.24. The van der Waals surface area contributed by atoms with Gasteiger partial charge < -0.3 is 10.4 Å². The molecule has 0 atom stereocenters. The third-order valence-corrected chi connectivity index (χ3v) is 1.63. The Kier molecular flexibility index (Phi) is 5.90. The fraction of sp³-hybridized carbons (Fsp3) is 0.800. The largest absolute Gasteiger partial charge is 0.389 e. The molecule has 0 aromatic heterocycles. The van der Waals surface area contributed by atoms with Crippen LogP contribution in [0.5, 0.6) is 0 Å². The summed E-state index contributed by atoms with van der Waals surface area (Å²) in [4.78, 5) is 13.0. The number of rotatable bonds is 6. The number of carbonyl (C=O) groups excluding carboxylic acids is 1. The van der Waals surface area contributed by atoms with Crippen molar-refractivity contribution < 1.29 is 9.90 Å². The second-order valence-corrected chi connectivity index (χ2v) is 4.24. The molecule has 5 nitrogen and oxygen atoms in total. The highest BCUT2D eigenvalue weighted by Gasteiger charge is 2.16. The van der Waals surface area contributed by atoms with E-state index in [0.717, 1.165) is 0 Å². The normalized spacial score (nSPS) is 11.2. The second kappa shape index (κ2) is 6.38. The first kappa shape index (κ1) is 13.9. The molecule has 0 saturated heterocycles. The lowest BCUT2D eigenvalue weighted by molar-refractivity contribution is -0.122. The average molecular weight is 213 g/mol. The average Bonchev–Trinajstić information content (AvgIpc) is 2.00. The molecule has 15 heavy (non-hydrogen) atoms. The molecule has 1 amide bonds. The quantitative estimate of drug-likeness (QED) is 0.595. The van der Waals surface area contributed by atoms with Crippen LogP contribution >= 0.6 is 0 Å². The van der Waals surface area contributed by atoms with Gasteiger partial charge in [-0.15, -0.1) is 0 Å². The Bertz CT molecular complexity index is 240. The van der Waals surface area contributed by atoms with E-state index in [1.54, 1.807) is 25.8 Å². The van der Waals surface area contributed by atoms with Gasteiger partial charge in [-0.3, -0.25) is 9.69 Å². The van der Waals surface area contributed by atoms with Crippen LogP contribution in [0.15, 0.2) is 0 Å². The van der Waals surface area contributed by atoms with E-state index in [1.807, 2.05) is 6.07 Å². The summed E-state index contributed by atoms with van der Waals surface area (Å²) >= 11 is 0. The molecular weight excluding hydrogens is 194 g/mol. The highest BCUT2D eigenvalue weighted by atomic mass is 16.3. The van der Waals surface area contributed by atoms with Gasteiger partial charge in [0.05, 0.1) is 24.6 Å². The maximum absolute atomic E-state index is 11.3. The molecule has 0 aromatic rings. The van der Waals surface area contributed by atoms with Crippen LogP contribution in [-0.2, 0) is 4.79 Å². The van der Waals surface area contributed by atoms with E-state index in [1.165, 1.54) is 0 Å². The van der Waals surface area contributed by atoms with E-state index in [0.29, 0.717) is 19.5 Å². The minimum absolute atomic E-state index is 0.128. The molecule has 2 N–H and O–H groups in total. The third kappa shape index (κ3) is 9.19. The van der Waals surface area contributed by atoms with Crippen molar-refractivity contribution in [2.24, 2.45) is 0 Å². The van der Waals surface area contributed by atoms with E-state index in [-0.39, 0.29) is 12.5 Å². The molecular formula is C10H19N3O2. The zero-order chi connectivity index (χ0) is 11.9. The molecule has 0 aliphatic rings. The molecule has 0 unspecified atom stereocenters. The Balaban J connectivity index is 3.73. The Morgan fingerprint density at radius 3 is 2.67 bits per heavy atom. The SMILES string of the molecule is CN(CC(=O)NCCC#N)CC(C)(C)O. The summed E-state index contributed by atoms with van der Waals surface area (Å²) in [5, 5.41) is 20.4. The lowest BCUT2D eigenvalue weighted by atomic mass is 10.1. The minimum Gasteiger partial charge on any atom is -0.389 e. The van der Waals surface area contributed by atoms with Gasteiger partial charge in [0.25, 0.3) is 0 Å². The molecule has 0 rings (SSSR count). The number of carbonyl (C=O) groups is 1. The van der Waals surface area contributed by atoms with Gasteiger partial charge in [-0.1, -0.05) is 0 Å². The predicted molar refractivity (Wildman–Crippen MR) is 57.0 cm³/mol. The highest BCUT2D eigenvalue weighted by Crippen LogP contribution is 2.02. The van der Waals surface area contributed by atoms with E-state index < -0.39 is 5.60 Å². The van der Waals surface area contributed by atoms with Crippen LogP contribution in [0.1, 0.15) is 20.3 Å². The molecule has 0 bridgehead atoms. The molecule has 0 spiro atoms. The monoisotopic (exact) mass is 213 g/mol. The Morgan fingerprint density at radius 2 is 2.20 bits per heavy atom.